The van der Waals surface area contributed by atoms with Gasteiger partial charge in [-0.15, -0.1) is 4.40 Å². The summed E-state index contributed by atoms with van der Waals surface area (Å²) in [5.74, 6) is -0.845. The first-order valence-corrected chi connectivity index (χ1v) is 12.0. The van der Waals surface area contributed by atoms with Crippen molar-refractivity contribution in [1.82, 2.24) is 0 Å². The molecule has 170 valence electrons. The number of fused-ring (bicyclic) bond motifs is 3. The lowest BCUT2D eigenvalue weighted by molar-refractivity contribution is -0.123. The molecule has 10 heteroatoms. The van der Waals surface area contributed by atoms with Crippen LogP contribution in [-0.2, 0) is 19.6 Å². The molecule has 0 radical (unpaired) electrons. The van der Waals surface area contributed by atoms with Crippen molar-refractivity contribution in [3.8, 4) is 6.07 Å². The van der Waals surface area contributed by atoms with Crippen LogP contribution in [0, 0.1) is 11.3 Å². The Labute approximate surface area is 191 Å². The number of carbonyl (C=O) groups is 2. The van der Waals surface area contributed by atoms with E-state index in [1.165, 1.54) is 19.1 Å². The molecule has 2 aromatic rings. The van der Waals surface area contributed by atoms with Crippen LogP contribution in [0.2, 0.25) is 0 Å². The molecule has 0 spiro atoms. The molecular formula is C23H22N4O5S. The van der Waals surface area contributed by atoms with Gasteiger partial charge in [0.05, 0.1) is 22.9 Å². The summed E-state index contributed by atoms with van der Waals surface area (Å²) in [7, 11) is -3.94. The minimum atomic E-state index is -3.94. The number of amidine groups is 1. The van der Waals surface area contributed by atoms with Gasteiger partial charge in [-0.3, -0.25) is 4.79 Å². The number of benzene rings is 2. The third-order valence-corrected chi connectivity index (χ3v) is 6.85. The fraction of sp³-hybridized carbons (Fsp3) is 0.304. The number of carbonyl (C=O) groups excluding carboxylic acids is 2. The van der Waals surface area contributed by atoms with E-state index in [9.17, 15) is 18.0 Å². The van der Waals surface area contributed by atoms with Crippen molar-refractivity contribution >= 4 is 39.1 Å². The van der Waals surface area contributed by atoms with E-state index in [4.69, 9.17) is 10.00 Å². The van der Waals surface area contributed by atoms with Gasteiger partial charge in [-0.25, -0.2) is 4.79 Å². The predicted molar refractivity (Wildman–Crippen MR) is 122 cm³/mol. The van der Waals surface area contributed by atoms with Gasteiger partial charge in [0, 0.05) is 18.7 Å². The second kappa shape index (κ2) is 9.03. The maximum absolute atomic E-state index is 12.7. The van der Waals surface area contributed by atoms with E-state index in [0.717, 1.165) is 19.3 Å². The van der Waals surface area contributed by atoms with Gasteiger partial charge >= 0.3 is 5.97 Å². The van der Waals surface area contributed by atoms with Crippen molar-refractivity contribution in [3.05, 3.63) is 53.6 Å². The van der Waals surface area contributed by atoms with Crippen molar-refractivity contribution in [2.75, 3.05) is 16.8 Å². The summed E-state index contributed by atoms with van der Waals surface area (Å²) in [6.45, 7) is 2.08. The summed E-state index contributed by atoms with van der Waals surface area (Å²) in [5.41, 5.74) is 1.42. The van der Waals surface area contributed by atoms with Gasteiger partial charge in [0.15, 0.2) is 6.10 Å². The minimum Gasteiger partial charge on any atom is -0.449 e. The standard InChI is InChI=1S/C23H22N4O5S/c1-15(22(28)25-18-9-6-16(14-24)7-10-18)32-23(29)17-8-11-19-20(13-17)33(30,31)26-21-5-3-2-4-12-27(19)21/h6-11,13,15H,2-5,12H2,1H3,(H,25,28)/t15-/m0/s1. The third-order valence-electron chi connectivity index (χ3n) is 5.52. The third kappa shape index (κ3) is 4.73. The average molecular weight is 467 g/mol. The molecule has 0 aromatic heterocycles. The number of ether oxygens (including phenoxy) is 1. The molecular weight excluding hydrogens is 444 g/mol. The Morgan fingerprint density at radius 2 is 1.91 bits per heavy atom. The Morgan fingerprint density at radius 1 is 1.15 bits per heavy atom. The summed E-state index contributed by atoms with van der Waals surface area (Å²) in [4.78, 5) is 26.9. The molecule has 1 amide bonds. The smallest absolute Gasteiger partial charge is 0.338 e. The van der Waals surface area contributed by atoms with Crippen LogP contribution >= 0.6 is 0 Å². The van der Waals surface area contributed by atoms with Gasteiger partial charge in [0.25, 0.3) is 15.9 Å². The van der Waals surface area contributed by atoms with Crippen molar-refractivity contribution in [2.45, 2.75) is 43.6 Å². The normalized spacial score (nSPS) is 17.3. The van der Waals surface area contributed by atoms with Crippen LogP contribution in [0.15, 0.2) is 51.8 Å². The monoisotopic (exact) mass is 466 g/mol. The van der Waals surface area contributed by atoms with Crippen LogP contribution in [0.5, 0.6) is 0 Å². The fourth-order valence-corrected chi connectivity index (χ4v) is 5.05. The lowest BCUT2D eigenvalue weighted by atomic mass is 10.1. The maximum atomic E-state index is 12.7. The number of esters is 1. The number of amides is 1. The zero-order chi connectivity index (χ0) is 23.6. The first-order valence-electron chi connectivity index (χ1n) is 10.6. The summed E-state index contributed by atoms with van der Waals surface area (Å²) in [5, 5.41) is 11.4. The predicted octanol–water partition coefficient (Wildman–Crippen LogP) is 3.22. The molecule has 2 aliphatic heterocycles. The van der Waals surface area contributed by atoms with Crippen LogP contribution < -0.4 is 10.2 Å². The number of hydrogen-bond acceptors (Lipinski definition) is 7. The van der Waals surface area contributed by atoms with Gasteiger partial charge < -0.3 is 15.0 Å². The van der Waals surface area contributed by atoms with Gasteiger partial charge in [0.1, 0.15) is 10.7 Å². The molecule has 1 fully saturated rings. The lowest BCUT2D eigenvalue weighted by Gasteiger charge is -2.29. The van der Waals surface area contributed by atoms with E-state index in [2.05, 4.69) is 9.71 Å². The maximum Gasteiger partial charge on any atom is 0.338 e. The largest absolute Gasteiger partial charge is 0.449 e. The van der Waals surface area contributed by atoms with E-state index in [1.807, 2.05) is 11.0 Å². The second-order valence-corrected chi connectivity index (χ2v) is 9.43. The average Bonchev–Trinajstić information content (AvgIpc) is 3.04. The number of nitriles is 1. The summed E-state index contributed by atoms with van der Waals surface area (Å²) >= 11 is 0. The first kappa shape index (κ1) is 22.5. The molecule has 9 nitrogen and oxygen atoms in total. The van der Waals surface area contributed by atoms with Crippen molar-refractivity contribution in [2.24, 2.45) is 4.40 Å². The van der Waals surface area contributed by atoms with E-state index in [-0.39, 0.29) is 10.5 Å². The number of nitrogens with zero attached hydrogens (tertiary/aromatic N) is 3. The quantitative estimate of drug-likeness (QED) is 0.685. The SMILES string of the molecule is C[C@H](OC(=O)c1ccc2c(c1)S(=O)(=O)N=C1CCCCCN12)C(=O)Nc1ccc(C#N)cc1. The van der Waals surface area contributed by atoms with Crippen LogP contribution in [0.1, 0.15) is 48.5 Å². The van der Waals surface area contributed by atoms with Gasteiger partial charge in [-0.05, 0) is 62.2 Å². The van der Waals surface area contributed by atoms with E-state index in [0.29, 0.717) is 35.7 Å². The topological polar surface area (TPSA) is 129 Å². The first-order chi connectivity index (χ1) is 15.8. The Kier molecular flexibility index (Phi) is 6.16. The van der Waals surface area contributed by atoms with Crippen LogP contribution in [0.25, 0.3) is 0 Å². The summed E-state index contributed by atoms with van der Waals surface area (Å²) < 4.78 is 34.7. The minimum absolute atomic E-state index is 0.0174. The number of anilines is 2. The van der Waals surface area contributed by atoms with E-state index >= 15 is 0 Å². The zero-order valence-electron chi connectivity index (χ0n) is 17.9. The molecule has 2 heterocycles. The molecule has 0 saturated carbocycles. The van der Waals surface area contributed by atoms with Crippen molar-refractivity contribution in [1.29, 1.82) is 5.26 Å². The molecule has 2 aromatic carbocycles. The number of sulfonamides is 1. The molecule has 4 rings (SSSR count). The molecule has 0 aliphatic carbocycles. The van der Waals surface area contributed by atoms with Crippen LogP contribution in [0.3, 0.4) is 0 Å². The van der Waals surface area contributed by atoms with Crippen molar-refractivity contribution < 1.29 is 22.7 Å². The van der Waals surface area contributed by atoms with Gasteiger partial charge in [-0.1, -0.05) is 6.42 Å². The molecule has 1 N–H and O–H groups in total. The second-order valence-electron chi connectivity index (χ2n) is 7.85. The summed E-state index contributed by atoms with van der Waals surface area (Å²) in [6.07, 6.45) is 2.27. The van der Waals surface area contributed by atoms with Crippen molar-refractivity contribution in [3.63, 3.8) is 0 Å². The highest BCUT2D eigenvalue weighted by atomic mass is 32.2. The Balaban J connectivity index is 1.49. The number of hydrogen-bond donors (Lipinski definition) is 1. The van der Waals surface area contributed by atoms with E-state index < -0.39 is 28.0 Å². The van der Waals surface area contributed by atoms with Crippen LogP contribution in [0.4, 0.5) is 11.4 Å². The molecule has 33 heavy (non-hydrogen) atoms. The number of nitrogens with one attached hydrogen (secondary N) is 1. The Bertz CT molecular complexity index is 1280. The van der Waals surface area contributed by atoms with E-state index in [1.54, 1.807) is 30.3 Å². The molecule has 1 saturated heterocycles. The fourth-order valence-electron chi connectivity index (χ4n) is 3.76. The highest BCUT2D eigenvalue weighted by Crippen LogP contribution is 2.35. The number of rotatable bonds is 4. The molecule has 0 unspecified atom stereocenters. The van der Waals surface area contributed by atoms with Gasteiger partial charge in [0.2, 0.25) is 0 Å². The molecule has 2 aliphatic rings. The zero-order valence-corrected chi connectivity index (χ0v) is 18.8. The lowest BCUT2D eigenvalue weighted by Crippen LogP contribution is -2.35. The highest BCUT2D eigenvalue weighted by Gasteiger charge is 2.32. The Hall–Kier alpha value is -3.71. The van der Waals surface area contributed by atoms with Gasteiger partial charge in [-0.2, -0.15) is 13.7 Å². The molecule has 1 atom stereocenters. The highest BCUT2D eigenvalue weighted by molar-refractivity contribution is 7.90. The Morgan fingerprint density at radius 3 is 2.64 bits per heavy atom. The summed E-state index contributed by atoms with van der Waals surface area (Å²) in [6, 6.07) is 12.6. The van der Waals surface area contributed by atoms with Crippen LogP contribution in [-0.4, -0.2) is 38.8 Å². The molecule has 0 bridgehead atoms.